The van der Waals surface area contributed by atoms with E-state index >= 15 is 0 Å². The van der Waals surface area contributed by atoms with E-state index in [2.05, 4.69) is 105 Å². The molecule has 0 saturated carbocycles. The summed E-state index contributed by atoms with van der Waals surface area (Å²) in [5, 5.41) is 5.90. The Labute approximate surface area is 243 Å². The van der Waals surface area contributed by atoms with Crippen LogP contribution in [0, 0.1) is 6.92 Å². The maximum atomic E-state index is 4.98. The van der Waals surface area contributed by atoms with E-state index in [0.29, 0.717) is 5.92 Å². The Balaban J connectivity index is 1.48. The van der Waals surface area contributed by atoms with Crippen LogP contribution in [0.25, 0.3) is 50.1 Å². The van der Waals surface area contributed by atoms with E-state index in [1.165, 1.54) is 33.4 Å². The number of imidazole rings is 1. The number of anilines is 1. The normalized spacial score (nSPS) is 12.7. The van der Waals surface area contributed by atoms with Crippen LogP contribution in [0.15, 0.2) is 72.4 Å². The minimum absolute atomic E-state index is 0.381. The second-order valence-corrected chi connectivity index (χ2v) is 11.4. The molecule has 1 aliphatic rings. The van der Waals surface area contributed by atoms with E-state index in [9.17, 15) is 0 Å². The number of hydrogen-bond donors (Lipinski definition) is 2. The summed E-state index contributed by atoms with van der Waals surface area (Å²) in [6.45, 7) is 17.0. The summed E-state index contributed by atoms with van der Waals surface area (Å²) in [5.74, 6) is 1.44. The molecule has 0 bridgehead atoms. The lowest BCUT2D eigenvalue weighted by atomic mass is 9.83. The third-order valence-corrected chi connectivity index (χ3v) is 8.54. The number of benzene rings is 4. The van der Waals surface area contributed by atoms with E-state index < -0.39 is 0 Å². The van der Waals surface area contributed by atoms with Gasteiger partial charge in [-0.05, 0) is 88.2 Å². The predicted molar refractivity (Wildman–Crippen MR) is 177 cm³/mol. The molecule has 0 spiro atoms. The van der Waals surface area contributed by atoms with Crippen LogP contribution in [0.1, 0.15) is 66.8 Å². The summed E-state index contributed by atoms with van der Waals surface area (Å²) < 4.78 is 0. The molecule has 4 heteroatoms. The van der Waals surface area contributed by atoms with Gasteiger partial charge in [0, 0.05) is 41.5 Å². The highest BCUT2D eigenvalue weighted by molar-refractivity contribution is 6.11. The molecule has 1 aromatic heterocycles. The Morgan fingerprint density at radius 1 is 1.02 bits per heavy atom. The maximum Gasteiger partial charge on any atom is 0.109 e. The molecule has 0 unspecified atom stereocenters. The standard InChI is InChI=1S/C37H38N4/c1-8-22(5)39-35-23(6)27(9-2)33(20-38-7)32-19-25(11-14-31(32)35)24-10-13-28-26(18-24)12-15-30-29(28)16-17-34-36(30)41-37(40-34)21(3)4/h9-11,13-14,16-21,39H,2,5,8,12,15H2,1,3-4,6-7H3,(H,40,41). The number of hydrogen-bond acceptors (Lipinski definition) is 3. The van der Waals surface area contributed by atoms with Crippen LogP contribution in [-0.4, -0.2) is 23.2 Å². The molecular formula is C37H38N4. The fourth-order valence-corrected chi connectivity index (χ4v) is 6.24. The zero-order chi connectivity index (χ0) is 28.8. The molecule has 4 nitrogen and oxygen atoms in total. The number of nitrogens with one attached hydrogen (secondary N) is 2. The Hall–Kier alpha value is -4.44. The molecule has 206 valence electrons. The molecule has 0 radical (unpaired) electrons. The summed E-state index contributed by atoms with van der Waals surface area (Å²) in [6.07, 6.45) is 6.77. The highest BCUT2D eigenvalue weighted by Gasteiger charge is 2.22. The van der Waals surface area contributed by atoms with Gasteiger partial charge in [-0.1, -0.05) is 76.4 Å². The second kappa shape index (κ2) is 10.5. The zero-order valence-corrected chi connectivity index (χ0v) is 24.8. The summed E-state index contributed by atoms with van der Waals surface area (Å²) in [4.78, 5) is 12.9. The summed E-state index contributed by atoms with van der Waals surface area (Å²) >= 11 is 0. The smallest absolute Gasteiger partial charge is 0.109 e. The Bertz CT molecular complexity index is 1880. The molecule has 1 aliphatic carbocycles. The first-order valence-electron chi connectivity index (χ1n) is 14.6. The lowest BCUT2D eigenvalue weighted by Crippen LogP contribution is -2.05. The first-order chi connectivity index (χ1) is 19.8. The van der Waals surface area contributed by atoms with Gasteiger partial charge in [-0.15, -0.1) is 0 Å². The summed E-state index contributed by atoms with van der Waals surface area (Å²) in [5.41, 5.74) is 15.5. The van der Waals surface area contributed by atoms with Gasteiger partial charge in [0.1, 0.15) is 5.82 Å². The van der Waals surface area contributed by atoms with Crippen molar-refractivity contribution in [2.24, 2.45) is 4.99 Å². The van der Waals surface area contributed by atoms with Crippen LogP contribution in [0.2, 0.25) is 0 Å². The predicted octanol–water partition coefficient (Wildman–Crippen LogP) is 9.61. The van der Waals surface area contributed by atoms with Crippen LogP contribution in [0.5, 0.6) is 0 Å². The van der Waals surface area contributed by atoms with Gasteiger partial charge in [-0.3, -0.25) is 4.99 Å². The van der Waals surface area contributed by atoms with Crippen molar-refractivity contribution in [3.05, 3.63) is 101 Å². The van der Waals surface area contributed by atoms with Crippen molar-refractivity contribution in [2.75, 3.05) is 12.4 Å². The molecule has 4 aromatic carbocycles. The average molecular weight is 539 g/mol. The van der Waals surface area contributed by atoms with Crippen LogP contribution in [0.4, 0.5) is 5.69 Å². The Morgan fingerprint density at radius 2 is 1.78 bits per heavy atom. The number of H-pyrrole nitrogens is 1. The SMILES string of the molecule is C=Cc1c(C)c(NC(=C)CC)c2ccc(-c3ccc4c(c3)CCc3c-4ccc4[nH]c(C(C)C)nc34)cc2c1C=NC. The van der Waals surface area contributed by atoms with Gasteiger partial charge >= 0.3 is 0 Å². The summed E-state index contributed by atoms with van der Waals surface area (Å²) in [7, 11) is 1.82. The molecule has 0 aliphatic heterocycles. The maximum absolute atomic E-state index is 4.98. The molecule has 41 heavy (non-hydrogen) atoms. The highest BCUT2D eigenvalue weighted by atomic mass is 14.9. The highest BCUT2D eigenvalue weighted by Crippen LogP contribution is 2.41. The van der Waals surface area contributed by atoms with Gasteiger partial charge in [0.05, 0.1) is 11.0 Å². The Morgan fingerprint density at radius 3 is 2.51 bits per heavy atom. The monoisotopic (exact) mass is 538 g/mol. The average Bonchev–Trinajstić information content (AvgIpc) is 3.44. The topological polar surface area (TPSA) is 53.1 Å². The lowest BCUT2D eigenvalue weighted by Gasteiger charge is -2.22. The largest absolute Gasteiger partial charge is 0.359 e. The molecule has 5 aromatic rings. The van der Waals surface area contributed by atoms with Crippen LogP contribution in [0.3, 0.4) is 0 Å². The number of aromatic nitrogens is 2. The number of aliphatic imine (C=N–C) groups is 1. The quantitative estimate of drug-likeness (QED) is 0.203. The van der Waals surface area contributed by atoms with E-state index in [0.717, 1.165) is 75.0 Å². The van der Waals surface area contributed by atoms with E-state index in [-0.39, 0.29) is 0 Å². The molecule has 0 saturated heterocycles. The second-order valence-electron chi connectivity index (χ2n) is 11.4. The number of nitrogens with zero attached hydrogens (tertiary/aromatic N) is 2. The van der Waals surface area contributed by atoms with E-state index in [1.807, 2.05) is 19.3 Å². The molecule has 1 heterocycles. The van der Waals surface area contributed by atoms with Crippen LogP contribution >= 0.6 is 0 Å². The summed E-state index contributed by atoms with van der Waals surface area (Å²) in [6, 6.07) is 18.2. The van der Waals surface area contributed by atoms with Crippen LogP contribution in [-0.2, 0) is 12.8 Å². The molecular weight excluding hydrogens is 500 g/mol. The fourth-order valence-electron chi connectivity index (χ4n) is 6.24. The third-order valence-electron chi connectivity index (χ3n) is 8.54. The fraction of sp³-hybridized carbons (Fsp3) is 0.243. The van der Waals surface area contributed by atoms with Crippen molar-refractivity contribution in [1.82, 2.24) is 9.97 Å². The first kappa shape index (κ1) is 26.8. The van der Waals surface area contributed by atoms with Crippen molar-refractivity contribution < 1.29 is 0 Å². The number of aryl methyl sites for hydroxylation is 2. The molecule has 6 rings (SSSR count). The number of allylic oxidation sites excluding steroid dienone is 1. The lowest BCUT2D eigenvalue weighted by molar-refractivity contribution is 0.798. The molecule has 0 amide bonds. The number of aromatic amines is 1. The third kappa shape index (κ3) is 4.48. The molecule has 0 atom stereocenters. The Kier molecular flexibility index (Phi) is 6.86. The van der Waals surface area contributed by atoms with Crippen molar-refractivity contribution in [1.29, 1.82) is 0 Å². The van der Waals surface area contributed by atoms with E-state index in [1.54, 1.807) is 0 Å². The molecule has 2 N–H and O–H groups in total. The first-order valence-corrected chi connectivity index (χ1v) is 14.6. The molecule has 0 fully saturated rings. The van der Waals surface area contributed by atoms with Gasteiger partial charge in [0.2, 0.25) is 0 Å². The zero-order valence-electron chi connectivity index (χ0n) is 24.8. The van der Waals surface area contributed by atoms with Gasteiger partial charge in [-0.25, -0.2) is 4.98 Å². The minimum atomic E-state index is 0.381. The van der Waals surface area contributed by atoms with Crippen molar-refractivity contribution in [2.45, 2.75) is 52.9 Å². The minimum Gasteiger partial charge on any atom is -0.359 e. The number of rotatable bonds is 7. The van der Waals surface area contributed by atoms with Gasteiger partial charge in [0.15, 0.2) is 0 Å². The van der Waals surface area contributed by atoms with Gasteiger partial charge < -0.3 is 10.3 Å². The van der Waals surface area contributed by atoms with Crippen molar-refractivity contribution >= 4 is 39.8 Å². The van der Waals surface area contributed by atoms with Crippen LogP contribution < -0.4 is 5.32 Å². The van der Waals surface area contributed by atoms with E-state index in [4.69, 9.17) is 4.98 Å². The van der Waals surface area contributed by atoms with Crippen molar-refractivity contribution in [3.8, 4) is 22.3 Å². The van der Waals surface area contributed by atoms with Crippen molar-refractivity contribution in [3.63, 3.8) is 0 Å². The number of fused-ring (bicyclic) bond motifs is 6. The van der Waals surface area contributed by atoms with Gasteiger partial charge in [0.25, 0.3) is 0 Å². The van der Waals surface area contributed by atoms with Gasteiger partial charge in [-0.2, -0.15) is 0 Å².